The predicted molar refractivity (Wildman–Crippen MR) is 49.6 cm³/mol. The molecule has 0 bridgehead atoms. The summed E-state index contributed by atoms with van der Waals surface area (Å²) in [5.74, 6) is 0.0465. The summed E-state index contributed by atoms with van der Waals surface area (Å²) in [6, 6.07) is 1.81. The van der Waals surface area contributed by atoms with Gasteiger partial charge in [0.25, 0.3) is 0 Å². The van der Waals surface area contributed by atoms with E-state index in [1.807, 2.05) is 13.0 Å². The van der Waals surface area contributed by atoms with Crippen LogP contribution in [0.25, 0.3) is 0 Å². The van der Waals surface area contributed by atoms with Gasteiger partial charge in [0.05, 0.1) is 0 Å². The van der Waals surface area contributed by atoms with Crippen LogP contribution in [0.5, 0.6) is 0 Å². The lowest BCUT2D eigenvalue weighted by molar-refractivity contribution is 0.0971. The number of carbonyl (C=O) groups excluding carboxylic acids is 1. The Kier molecular flexibility index (Phi) is 3.58. The maximum Gasteiger partial charge on any atom is 0.164 e. The minimum absolute atomic E-state index is 0.0465. The van der Waals surface area contributed by atoms with E-state index in [0.29, 0.717) is 18.4 Å². The van der Waals surface area contributed by atoms with Crippen molar-refractivity contribution in [1.82, 2.24) is 4.98 Å². The Morgan fingerprint density at radius 2 is 2.31 bits per heavy atom. The first-order valence-corrected chi connectivity index (χ1v) is 4.30. The van der Waals surface area contributed by atoms with Gasteiger partial charge >= 0.3 is 0 Å². The molecule has 0 saturated carbocycles. The summed E-state index contributed by atoms with van der Waals surface area (Å²) in [6.45, 7) is 1.96. The van der Waals surface area contributed by atoms with Crippen LogP contribution in [0.2, 0.25) is 0 Å². The van der Waals surface area contributed by atoms with Crippen molar-refractivity contribution >= 4 is 5.78 Å². The highest BCUT2D eigenvalue weighted by molar-refractivity contribution is 5.95. The van der Waals surface area contributed by atoms with Crippen molar-refractivity contribution in [1.29, 1.82) is 0 Å². The van der Waals surface area contributed by atoms with E-state index in [-0.39, 0.29) is 12.4 Å². The van der Waals surface area contributed by atoms with Gasteiger partial charge in [0.15, 0.2) is 5.78 Å². The number of aliphatic hydroxyl groups excluding tert-OH is 1. The van der Waals surface area contributed by atoms with Crippen LogP contribution in [0.1, 0.15) is 28.8 Å². The molecule has 3 heteroatoms. The average molecular weight is 179 g/mol. The van der Waals surface area contributed by atoms with Gasteiger partial charge in [0.2, 0.25) is 0 Å². The van der Waals surface area contributed by atoms with Gasteiger partial charge in [-0.25, -0.2) is 0 Å². The molecular weight excluding hydrogens is 166 g/mol. The third-order valence-electron chi connectivity index (χ3n) is 1.76. The second-order valence-electron chi connectivity index (χ2n) is 3.00. The molecule has 1 N–H and O–H groups in total. The molecule has 0 aromatic carbocycles. The first kappa shape index (κ1) is 9.86. The Morgan fingerprint density at radius 1 is 1.54 bits per heavy atom. The molecule has 1 rings (SSSR count). The van der Waals surface area contributed by atoms with Crippen LogP contribution in [-0.4, -0.2) is 22.5 Å². The minimum atomic E-state index is 0.0465. The van der Waals surface area contributed by atoms with E-state index in [0.717, 1.165) is 5.56 Å². The number of ketones is 1. The fraction of sp³-hybridized carbons (Fsp3) is 0.400. The van der Waals surface area contributed by atoms with Crippen LogP contribution < -0.4 is 0 Å². The number of aliphatic hydroxyl groups is 1. The highest BCUT2D eigenvalue weighted by Crippen LogP contribution is 2.05. The third-order valence-corrected chi connectivity index (χ3v) is 1.76. The highest BCUT2D eigenvalue weighted by Gasteiger charge is 2.04. The zero-order valence-corrected chi connectivity index (χ0v) is 7.66. The summed E-state index contributed by atoms with van der Waals surface area (Å²) in [4.78, 5) is 15.3. The number of aryl methyl sites for hydroxylation is 1. The molecule has 0 spiro atoms. The van der Waals surface area contributed by atoms with Crippen molar-refractivity contribution in [2.24, 2.45) is 0 Å². The molecule has 13 heavy (non-hydrogen) atoms. The first-order chi connectivity index (χ1) is 6.24. The molecule has 1 aromatic rings. The molecule has 0 aliphatic carbocycles. The standard InChI is InChI=1S/C10H13NO2/c1-8-5-9(7-11-6-8)10(13)3-2-4-12/h5-7,12H,2-4H2,1H3. The van der Waals surface area contributed by atoms with Gasteiger partial charge in [-0.2, -0.15) is 0 Å². The van der Waals surface area contributed by atoms with Crippen LogP contribution in [0.15, 0.2) is 18.5 Å². The number of Topliss-reactive ketones (excluding diaryl/α,β-unsaturated/α-hetero) is 1. The number of aromatic nitrogens is 1. The number of carbonyl (C=O) groups is 1. The van der Waals surface area contributed by atoms with E-state index in [9.17, 15) is 4.79 Å². The van der Waals surface area contributed by atoms with Crippen LogP contribution >= 0.6 is 0 Å². The van der Waals surface area contributed by atoms with E-state index in [1.54, 1.807) is 12.4 Å². The lowest BCUT2D eigenvalue weighted by Gasteiger charge is -1.99. The summed E-state index contributed by atoms with van der Waals surface area (Å²) < 4.78 is 0. The molecule has 0 unspecified atom stereocenters. The summed E-state index contributed by atoms with van der Waals surface area (Å²) in [5, 5.41) is 8.55. The zero-order chi connectivity index (χ0) is 9.68. The van der Waals surface area contributed by atoms with Gasteiger partial charge in [0, 0.05) is 31.0 Å². The molecule has 0 atom stereocenters. The third kappa shape index (κ3) is 2.95. The molecular formula is C10H13NO2. The fourth-order valence-electron chi connectivity index (χ4n) is 1.09. The van der Waals surface area contributed by atoms with E-state index < -0.39 is 0 Å². The van der Waals surface area contributed by atoms with E-state index in [1.165, 1.54) is 0 Å². The zero-order valence-electron chi connectivity index (χ0n) is 7.66. The van der Waals surface area contributed by atoms with Crippen LogP contribution in [0, 0.1) is 6.92 Å². The second-order valence-corrected chi connectivity index (χ2v) is 3.00. The predicted octanol–water partition coefficient (Wildman–Crippen LogP) is 1.35. The highest BCUT2D eigenvalue weighted by atomic mass is 16.3. The summed E-state index contributed by atoms with van der Waals surface area (Å²) in [7, 11) is 0. The van der Waals surface area contributed by atoms with Gasteiger partial charge in [-0.15, -0.1) is 0 Å². The van der Waals surface area contributed by atoms with Crippen molar-refractivity contribution in [3.05, 3.63) is 29.6 Å². The second kappa shape index (κ2) is 4.72. The smallest absolute Gasteiger partial charge is 0.164 e. The van der Waals surface area contributed by atoms with Crippen molar-refractivity contribution < 1.29 is 9.90 Å². The van der Waals surface area contributed by atoms with Gasteiger partial charge < -0.3 is 5.11 Å². The Balaban J connectivity index is 2.66. The molecule has 0 radical (unpaired) electrons. The Bertz CT molecular complexity index is 297. The minimum Gasteiger partial charge on any atom is -0.396 e. The number of hydrogen-bond donors (Lipinski definition) is 1. The topological polar surface area (TPSA) is 50.2 Å². The van der Waals surface area contributed by atoms with Gasteiger partial charge in [-0.1, -0.05) is 0 Å². The number of hydrogen-bond acceptors (Lipinski definition) is 3. The average Bonchev–Trinajstić information content (AvgIpc) is 2.14. The van der Waals surface area contributed by atoms with Crippen LogP contribution in [0.3, 0.4) is 0 Å². The molecule has 0 fully saturated rings. The SMILES string of the molecule is Cc1cncc(C(=O)CCCO)c1. The van der Waals surface area contributed by atoms with Gasteiger partial charge in [0.1, 0.15) is 0 Å². The van der Waals surface area contributed by atoms with E-state index >= 15 is 0 Å². The Labute approximate surface area is 77.4 Å². The number of nitrogens with zero attached hydrogens (tertiary/aromatic N) is 1. The Morgan fingerprint density at radius 3 is 2.92 bits per heavy atom. The normalized spacial score (nSPS) is 10.0. The molecule has 3 nitrogen and oxygen atoms in total. The van der Waals surface area contributed by atoms with Gasteiger partial charge in [-0.3, -0.25) is 9.78 Å². The first-order valence-electron chi connectivity index (χ1n) is 4.30. The molecule has 70 valence electrons. The van der Waals surface area contributed by atoms with E-state index in [4.69, 9.17) is 5.11 Å². The summed E-state index contributed by atoms with van der Waals surface area (Å²) in [5.41, 5.74) is 1.61. The number of pyridine rings is 1. The molecule has 0 amide bonds. The lowest BCUT2D eigenvalue weighted by Crippen LogP contribution is -2.01. The maximum absolute atomic E-state index is 11.4. The molecule has 0 aliphatic rings. The molecule has 1 aromatic heterocycles. The maximum atomic E-state index is 11.4. The molecule has 1 heterocycles. The summed E-state index contributed by atoms with van der Waals surface area (Å²) >= 11 is 0. The van der Waals surface area contributed by atoms with Crippen molar-refractivity contribution in [2.45, 2.75) is 19.8 Å². The Hall–Kier alpha value is -1.22. The van der Waals surface area contributed by atoms with Crippen LogP contribution in [0.4, 0.5) is 0 Å². The van der Waals surface area contributed by atoms with Gasteiger partial charge in [-0.05, 0) is 25.0 Å². The molecule has 0 aliphatic heterocycles. The number of rotatable bonds is 4. The monoisotopic (exact) mass is 179 g/mol. The molecule has 0 saturated heterocycles. The summed E-state index contributed by atoms with van der Waals surface area (Å²) in [6.07, 6.45) is 4.18. The fourth-order valence-corrected chi connectivity index (χ4v) is 1.09. The van der Waals surface area contributed by atoms with E-state index in [2.05, 4.69) is 4.98 Å². The largest absolute Gasteiger partial charge is 0.396 e. The van der Waals surface area contributed by atoms with Crippen LogP contribution in [-0.2, 0) is 0 Å². The lowest BCUT2D eigenvalue weighted by atomic mass is 10.1. The van der Waals surface area contributed by atoms with Crippen molar-refractivity contribution in [3.8, 4) is 0 Å². The van der Waals surface area contributed by atoms with Crippen molar-refractivity contribution in [3.63, 3.8) is 0 Å². The van der Waals surface area contributed by atoms with Crippen molar-refractivity contribution in [2.75, 3.05) is 6.61 Å². The quantitative estimate of drug-likeness (QED) is 0.710.